The summed E-state index contributed by atoms with van der Waals surface area (Å²) in [6, 6.07) is 33.1. The number of hydrogen-bond donors (Lipinski definition) is 2. The van der Waals surface area contributed by atoms with Crippen LogP contribution in [-0.4, -0.2) is 59.1 Å². The highest BCUT2D eigenvalue weighted by Gasteiger charge is 2.18. The van der Waals surface area contributed by atoms with E-state index in [4.69, 9.17) is 9.47 Å². The van der Waals surface area contributed by atoms with Crippen molar-refractivity contribution in [2.45, 2.75) is 48.7 Å². The van der Waals surface area contributed by atoms with Gasteiger partial charge in [-0.2, -0.15) is 0 Å². The molecular weight excluding hydrogens is 641 g/mol. The molecule has 0 aliphatic carbocycles. The van der Waals surface area contributed by atoms with Crippen molar-refractivity contribution in [2.24, 2.45) is 0 Å². The number of carbonyl (C=O) groups is 2. The van der Waals surface area contributed by atoms with Crippen LogP contribution in [-0.2, 0) is 31.9 Å². The maximum atomic E-state index is 11.3. The van der Waals surface area contributed by atoms with Crippen LogP contribution in [0.5, 0.6) is 0 Å². The average Bonchev–Trinajstić information content (AvgIpc) is 3.10. The van der Waals surface area contributed by atoms with Crippen LogP contribution in [0.25, 0.3) is 23.3 Å². The zero-order chi connectivity index (χ0) is 34.1. The molecule has 48 heavy (non-hydrogen) atoms. The van der Waals surface area contributed by atoms with E-state index in [1.807, 2.05) is 48.5 Å². The largest absolute Gasteiger partial charge is 0.479 e. The molecular formula is C40H42O6S2. The molecule has 0 aliphatic heterocycles. The first-order valence-corrected chi connectivity index (χ1v) is 18.0. The number of carboxylic acids is 2. The van der Waals surface area contributed by atoms with Gasteiger partial charge in [-0.25, -0.2) is 9.59 Å². The minimum absolute atomic E-state index is 0.360. The third-order valence-corrected chi connectivity index (χ3v) is 9.37. The van der Waals surface area contributed by atoms with E-state index in [0.29, 0.717) is 26.1 Å². The van der Waals surface area contributed by atoms with E-state index in [9.17, 15) is 19.8 Å². The summed E-state index contributed by atoms with van der Waals surface area (Å²) in [5, 5.41) is 18.6. The van der Waals surface area contributed by atoms with Crippen LogP contribution in [0.15, 0.2) is 119 Å². The fourth-order valence-corrected chi connectivity index (χ4v) is 6.37. The molecule has 0 saturated carbocycles. The number of carboxylic acid groups (broad SMARTS) is 2. The minimum Gasteiger partial charge on any atom is -0.479 e. The lowest BCUT2D eigenvalue weighted by Crippen LogP contribution is -2.26. The Balaban J connectivity index is 1.19. The van der Waals surface area contributed by atoms with Gasteiger partial charge >= 0.3 is 11.9 Å². The summed E-state index contributed by atoms with van der Waals surface area (Å²) in [6.07, 6.45) is 7.65. The van der Waals surface area contributed by atoms with E-state index >= 15 is 0 Å². The van der Waals surface area contributed by atoms with Crippen molar-refractivity contribution < 1.29 is 29.3 Å². The molecule has 4 rings (SSSR count). The van der Waals surface area contributed by atoms with Gasteiger partial charge in [0.05, 0.1) is 0 Å². The topological polar surface area (TPSA) is 93.1 Å². The smallest absolute Gasteiger partial charge is 0.333 e. The molecule has 0 amide bonds. The maximum Gasteiger partial charge on any atom is 0.333 e. The van der Waals surface area contributed by atoms with Gasteiger partial charge in [-0.05, 0) is 71.5 Å². The van der Waals surface area contributed by atoms with Crippen molar-refractivity contribution >= 4 is 47.6 Å². The standard InChI is InChI=1S/C40H42O6S2/c1-3-45-37(39(41)42)27-31-13-21-35(22-14-31)47-25-5-7-29-9-17-33(18-10-29)34-19-11-30(12-20-34)8-6-26-48-36-23-15-32(16-24-36)28-38(40(43)44)46-4-2/h5-24,37-38H,3-4,25-28H2,1-2H3,(H,41,42)(H,43,44). The molecule has 0 aromatic heterocycles. The number of hydrogen-bond acceptors (Lipinski definition) is 6. The van der Waals surface area contributed by atoms with Crippen molar-refractivity contribution in [3.05, 3.63) is 131 Å². The van der Waals surface area contributed by atoms with Gasteiger partial charge in [0.15, 0.2) is 12.2 Å². The Kier molecular flexibility index (Phi) is 15.1. The number of benzene rings is 4. The molecule has 4 aromatic carbocycles. The molecule has 2 unspecified atom stereocenters. The van der Waals surface area contributed by atoms with Crippen LogP contribution in [0.1, 0.15) is 36.1 Å². The Morgan fingerprint density at radius 2 is 0.938 bits per heavy atom. The summed E-state index contributed by atoms with van der Waals surface area (Å²) < 4.78 is 10.6. The molecule has 2 atom stereocenters. The number of thioether (sulfide) groups is 2. The lowest BCUT2D eigenvalue weighted by molar-refractivity contribution is -0.150. The van der Waals surface area contributed by atoms with Crippen molar-refractivity contribution in [3.63, 3.8) is 0 Å². The van der Waals surface area contributed by atoms with Gasteiger partial charge in [-0.1, -0.05) is 97.1 Å². The highest BCUT2D eigenvalue weighted by Crippen LogP contribution is 2.24. The Morgan fingerprint density at radius 3 is 1.25 bits per heavy atom. The van der Waals surface area contributed by atoms with Gasteiger partial charge in [0.25, 0.3) is 0 Å². The summed E-state index contributed by atoms with van der Waals surface area (Å²) in [6.45, 7) is 4.36. The predicted molar refractivity (Wildman–Crippen MR) is 198 cm³/mol. The molecule has 0 radical (unpaired) electrons. The summed E-state index contributed by atoms with van der Waals surface area (Å²) in [4.78, 5) is 24.9. The summed E-state index contributed by atoms with van der Waals surface area (Å²) in [5.74, 6) is -0.197. The molecule has 8 heteroatoms. The second-order valence-corrected chi connectivity index (χ2v) is 13.1. The van der Waals surface area contributed by atoms with E-state index in [0.717, 1.165) is 43.6 Å². The zero-order valence-corrected chi connectivity index (χ0v) is 28.9. The first kappa shape index (κ1) is 36.8. The lowest BCUT2D eigenvalue weighted by atomic mass is 10.0. The molecule has 0 heterocycles. The normalized spacial score (nSPS) is 12.8. The van der Waals surface area contributed by atoms with E-state index in [1.54, 1.807) is 37.4 Å². The molecule has 6 nitrogen and oxygen atoms in total. The maximum absolute atomic E-state index is 11.3. The van der Waals surface area contributed by atoms with Gasteiger partial charge in [0.2, 0.25) is 0 Å². The minimum atomic E-state index is -0.934. The van der Waals surface area contributed by atoms with Crippen LogP contribution >= 0.6 is 23.5 Å². The molecule has 0 aliphatic rings. The van der Waals surface area contributed by atoms with E-state index in [-0.39, 0.29) is 0 Å². The first-order chi connectivity index (χ1) is 23.3. The first-order valence-electron chi connectivity index (χ1n) is 16.0. The van der Waals surface area contributed by atoms with E-state index in [2.05, 4.69) is 72.8 Å². The van der Waals surface area contributed by atoms with E-state index < -0.39 is 24.1 Å². The van der Waals surface area contributed by atoms with Crippen molar-refractivity contribution in [3.8, 4) is 11.1 Å². The van der Waals surface area contributed by atoms with Gasteiger partial charge in [0, 0.05) is 47.4 Å². The second kappa shape index (κ2) is 19.7. The van der Waals surface area contributed by atoms with Crippen LogP contribution in [0.2, 0.25) is 0 Å². The summed E-state index contributed by atoms with van der Waals surface area (Å²) >= 11 is 3.47. The van der Waals surface area contributed by atoms with Crippen LogP contribution in [0.3, 0.4) is 0 Å². The third-order valence-electron chi connectivity index (χ3n) is 7.44. The van der Waals surface area contributed by atoms with Gasteiger partial charge < -0.3 is 19.7 Å². The van der Waals surface area contributed by atoms with E-state index in [1.165, 1.54) is 11.1 Å². The second-order valence-electron chi connectivity index (χ2n) is 10.9. The Labute approximate surface area is 291 Å². The molecule has 250 valence electrons. The fraction of sp³-hybridized carbons (Fsp3) is 0.250. The van der Waals surface area contributed by atoms with Crippen LogP contribution in [0, 0.1) is 0 Å². The molecule has 0 spiro atoms. The monoisotopic (exact) mass is 682 g/mol. The van der Waals surface area contributed by atoms with Crippen LogP contribution < -0.4 is 0 Å². The molecule has 2 N–H and O–H groups in total. The molecule has 4 aromatic rings. The summed E-state index contributed by atoms with van der Waals surface area (Å²) in [5.41, 5.74) is 6.53. The molecule has 0 fully saturated rings. The molecule has 0 bridgehead atoms. The van der Waals surface area contributed by atoms with Crippen LogP contribution in [0.4, 0.5) is 0 Å². The predicted octanol–water partition coefficient (Wildman–Crippen LogP) is 9.03. The quantitative estimate of drug-likeness (QED) is 0.0947. The fourth-order valence-electron chi connectivity index (χ4n) is 4.94. The highest BCUT2D eigenvalue weighted by molar-refractivity contribution is 7.99. The summed E-state index contributed by atoms with van der Waals surface area (Å²) in [7, 11) is 0. The SMILES string of the molecule is CCOC(Cc1ccc(SCC=Cc2ccc(-c3ccc(C=CCSc4ccc(CC(OCC)C(=O)O)cc4)cc3)cc2)cc1)C(=O)O. The Bertz CT molecular complexity index is 1500. The van der Waals surface area contributed by atoms with Crippen molar-refractivity contribution in [1.29, 1.82) is 0 Å². The highest BCUT2D eigenvalue weighted by atomic mass is 32.2. The lowest BCUT2D eigenvalue weighted by Gasteiger charge is -2.12. The Hall–Kier alpha value is -4.08. The van der Waals surface area contributed by atoms with Gasteiger partial charge in [-0.3, -0.25) is 0 Å². The molecule has 0 saturated heterocycles. The van der Waals surface area contributed by atoms with Gasteiger partial charge in [0.1, 0.15) is 0 Å². The average molecular weight is 683 g/mol. The zero-order valence-electron chi connectivity index (χ0n) is 27.3. The van der Waals surface area contributed by atoms with Crippen molar-refractivity contribution in [1.82, 2.24) is 0 Å². The number of aliphatic carboxylic acids is 2. The van der Waals surface area contributed by atoms with Crippen molar-refractivity contribution in [2.75, 3.05) is 24.7 Å². The Morgan fingerprint density at radius 1 is 0.583 bits per heavy atom. The number of rotatable bonds is 19. The third kappa shape index (κ3) is 12.2. The number of ether oxygens (including phenoxy) is 2. The van der Waals surface area contributed by atoms with Gasteiger partial charge in [-0.15, -0.1) is 23.5 Å².